The number of amides is 1. The Hall–Kier alpha value is -0.850. The van der Waals surface area contributed by atoms with Crippen molar-refractivity contribution in [1.29, 1.82) is 0 Å². The van der Waals surface area contributed by atoms with Crippen molar-refractivity contribution in [2.24, 2.45) is 0 Å². The van der Waals surface area contributed by atoms with Gasteiger partial charge in [-0.1, -0.05) is 0 Å². The molecule has 0 aromatic carbocycles. The maximum Gasteiger partial charge on any atom is 0.323 e. The van der Waals surface area contributed by atoms with Crippen molar-refractivity contribution in [3.63, 3.8) is 0 Å². The van der Waals surface area contributed by atoms with Crippen molar-refractivity contribution >= 4 is 5.91 Å². The molecule has 0 spiro atoms. The third-order valence-electron chi connectivity index (χ3n) is 2.80. The van der Waals surface area contributed by atoms with Crippen LogP contribution in [-0.2, 0) is 4.79 Å². The summed E-state index contributed by atoms with van der Waals surface area (Å²) in [6, 6.07) is -0.829. The Labute approximate surface area is 83.4 Å². The smallest absolute Gasteiger partial charge is 0.323 e. The number of hydrogen-bond acceptors (Lipinski definition) is 2. The van der Waals surface area contributed by atoms with Gasteiger partial charge >= 0.3 is 11.8 Å². The minimum absolute atomic E-state index is 0.311. The average molecular weight is 226 g/mol. The highest BCUT2D eigenvalue weighted by molar-refractivity contribution is 5.83. The first-order chi connectivity index (χ1) is 6.83. The molecule has 15 heavy (non-hydrogen) atoms. The second-order valence-corrected chi connectivity index (χ2v) is 3.91. The summed E-state index contributed by atoms with van der Waals surface area (Å²) in [5.74, 6) is -8.50. The predicted molar refractivity (Wildman–Crippen MR) is 42.9 cm³/mol. The van der Waals surface area contributed by atoms with Crippen LogP contribution in [0.25, 0.3) is 0 Å². The molecule has 0 radical (unpaired) electrons. The molecule has 0 bridgehead atoms. The Morgan fingerprint density at radius 1 is 1.20 bits per heavy atom. The second kappa shape index (κ2) is 3.07. The first-order valence-corrected chi connectivity index (χ1v) is 4.61. The highest BCUT2D eigenvalue weighted by Gasteiger charge is 2.64. The minimum Gasteiger partial charge on any atom is -0.355 e. The van der Waals surface area contributed by atoms with Crippen LogP contribution in [0.4, 0.5) is 17.6 Å². The fourth-order valence-electron chi connectivity index (χ4n) is 1.95. The van der Waals surface area contributed by atoms with Gasteiger partial charge in [-0.2, -0.15) is 17.6 Å². The van der Waals surface area contributed by atoms with E-state index in [9.17, 15) is 22.4 Å². The Balaban J connectivity index is 2.12. The molecule has 0 aromatic heterocycles. The molecule has 1 N–H and O–H groups in total. The van der Waals surface area contributed by atoms with Gasteiger partial charge in [-0.15, -0.1) is 0 Å². The van der Waals surface area contributed by atoms with Gasteiger partial charge in [-0.3, -0.25) is 9.69 Å². The van der Waals surface area contributed by atoms with E-state index in [-0.39, 0.29) is 0 Å². The first kappa shape index (κ1) is 10.7. The second-order valence-electron chi connectivity index (χ2n) is 3.91. The lowest BCUT2D eigenvalue weighted by Crippen LogP contribution is -2.40. The van der Waals surface area contributed by atoms with E-state index < -0.39 is 36.9 Å². The van der Waals surface area contributed by atoms with Crippen LogP contribution in [-0.4, -0.2) is 48.3 Å². The monoisotopic (exact) mass is 226 g/mol. The standard InChI is InChI=1S/C8H10F4N2O/c9-7(10)3-14(4-8(7,11)12)5-1-2-13-6(5)15/h5H,1-4H2,(H,13,15). The fraction of sp³-hybridized carbons (Fsp3) is 0.875. The van der Waals surface area contributed by atoms with Crippen molar-refractivity contribution in [2.45, 2.75) is 24.3 Å². The molecule has 2 rings (SSSR count). The highest BCUT2D eigenvalue weighted by atomic mass is 19.3. The van der Waals surface area contributed by atoms with Crippen molar-refractivity contribution < 1.29 is 22.4 Å². The molecule has 2 heterocycles. The number of rotatable bonds is 1. The molecule has 1 amide bonds. The maximum atomic E-state index is 12.8. The van der Waals surface area contributed by atoms with Crippen LogP contribution < -0.4 is 5.32 Å². The van der Waals surface area contributed by atoms with Gasteiger partial charge in [0.1, 0.15) is 0 Å². The van der Waals surface area contributed by atoms with Crippen molar-refractivity contribution in [2.75, 3.05) is 19.6 Å². The summed E-state index contributed by atoms with van der Waals surface area (Å²) in [7, 11) is 0. The topological polar surface area (TPSA) is 32.3 Å². The average Bonchev–Trinajstić information content (AvgIpc) is 2.55. The van der Waals surface area contributed by atoms with Crippen LogP contribution in [0.5, 0.6) is 0 Å². The normalized spacial score (nSPS) is 34.4. The molecule has 3 nitrogen and oxygen atoms in total. The maximum absolute atomic E-state index is 12.8. The van der Waals surface area contributed by atoms with E-state index in [1.807, 2.05) is 0 Å². The van der Waals surface area contributed by atoms with E-state index in [1.165, 1.54) is 0 Å². The Morgan fingerprint density at radius 3 is 2.13 bits per heavy atom. The van der Waals surface area contributed by atoms with Gasteiger partial charge in [-0.25, -0.2) is 0 Å². The largest absolute Gasteiger partial charge is 0.355 e. The van der Waals surface area contributed by atoms with Gasteiger partial charge in [0.15, 0.2) is 0 Å². The lowest BCUT2D eigenvalue weighted by Gasteiger charge is -2.19. The summed E-state index contributed by atoms with van der Waals surface area (Å²) in [6.45, 7) is -1.73. The zero-order chi connectivity index (χ0) is 11.3. The molecule has 7 heteroatoms. The summed E-state index contributed by atoms with van der Waals surface area (Å²) in [5.41, 5.74) is 0. The number of carbonyl (C=O) groups excluding carboxylic acids is 1. The zero-order valence-electron chi connectivity index (χ0n) is 7.77. The van der Waals surface area contributed by atoms with E-state index >= 15 is 0 Å². The number of halogens is 4. The molecule has 0 aromatic rings. The van der Waals surface area contributed by atoms with Crippen molar-refractivity contribution in [3.8, 4) is 0 Å². The Kier molecular flexibility index (Phi) is 2.18. The predicted octanol–water partition coefficient (Wildman–Crippen LogP) is 0.461. The van der Waals surface area contributed by atoms with E-state index in [1.54, 1.807) is 0 Å². The van der Waals surface area contributed by atoms with Crippen LogP contribution in [0.1, 0.15) is 6.42 Å². The molecular weight excluding hydrogens is 216 g/mol. The number of nitrogens with zero attached hydrogens (tertiary/aromatic N) is 1. The summed E-state index contributed by atoms with van der Waals surface area (Å²) in [5, 5.41) is 2.43. The lowest BCUT2D eigenvalue weighted by atomic mass is 10.2. The van der Waals surface area contributed by atoms with E-state index in [0.717, 1.165) is 4.90 Å². The van der Waals surface area contributed by atoms with Gasteiger partial charge < -0.3 is 5.32 Å². The van der Waals surface area contributed by atoms with E-state index in [2.05, 4.69) is 5.32 Å². The minimum atomic E-state index is -4.03. The zero-order valence-corrected chi connectivity index (χ0v) is 7.77. The summed E-state index contributed by atoms with van der Waals surface area (Å²) >= 11 is 0. The SMILES string of the molecule is O=C1NCCC1N1CC(F)(F)C(F)(F)C1. The van der Waals surface area contributed by atoms with Crippen molar-refractivity contribution in [3.05, 3.63) is 0 Å². The van der Waals surface area contributed by atoms with Crippen LogP contribution in [0, 0.1) is 0 Å². The molecule has 2 fully saturated rings. The molecule has 1 unspecified atom stereocenters. The first-order valence-electron chi connectivity index (χ1n) is 4.61. The summed E-state index contributed by atoms with van der Waals surface area (Å²) in [6.07, 6.45) is 0.311. The lowest BCUT2D eigenvalue weighted by molar-refractivity contribution is -0.172. The number of likely N-dealkylation sites (tertiary alicyclic amines) is 1. The summed E-state index contributed by atoms with van der Waals surface area (Å²) < 4.78 is 51.3. The number of alkyl halides is 4. The molecule has 2 saturated heterocycles. The molecule has 0 aliphatic carbocycles. The molecule has 0 saturated carbocycles. The van der Waals surface area contributed by atoms with Gasteiger partial charge in [0.2, 0.25) is 5.91 Å². The van der Waals surface area contributed by atoms with Gasteiger partial charge in [0.05, 0.1) is 19.1 Å². The molecule has 2 aliphatic rings. The van der Waals surface area contributed by atoms with Crippen LogP contribution in [0.2, 0.25) is 0 Å². The quantitative estimate of drug-likeness (QED) is 0.659. The number of nitrogens with one attached hydrogen (secondary N) is 1. The van der Waals surface area contributed by atoms with Crippen LogP contribution in [0.3, 0.4) is 0 Å². The number of hydrogen-bond donors (Lipinski definition) is 1. The van der Waals surface area contributed by atoms with Gasteiger partial charge in [0.25, 0.3) is 0 Å². The van der Waals surface area contributed by atoms with Gasteiger partial charge in [0, 0.05) is 6.54 Å². The molecule has 86 valence electrons. The van der Waals surface area contributed by atoms with Crippen LogP contribution in [0.15, 0.2) is 0 Å². The summed E-state index contributed by atoms with van der Waals surface area (Å²) in [4.78, 5) is 12.0. The number of carbonyl (C=O) groups is 1. The molecule has 2 aliphatic heterocycles. The van der Waals surface area contributed by atoms with Gasteiger partial charge in [-0.05, 0) is 6.42 Å². The Bertz CT molecular complexity index is 278. The van der Waals surface area contributed by atoms with E-state index in [4.69, 9.17) is 0 Å². The third-order valence-corrected chi connectivity index (χ3v) is 2.80. The Morgan fingerprint density at radius 2 is 1.73 bits per heavy atom. The van der Waals surface area contributed by atoms with E-state index in [0.29, 0.717) is 13.0 Å². The molecular formula is C8H10F4N2O. The third kappa shape index (κ3) is 1.58. The fourth-order valence-corrected chi connectivity index (χ4v) is 1.95. The molecule has 1 atom stereocenters. The van der Waals surface area contributed by atoms with Crippen molar-refractivity contribution in [1.82, 2.24) is 10.2 Å². The van der Waals surface area contributed by atoms with Crippen LogP contribution >= 0.6 is 0 Å². The highest BCUT2D eigenvalue weighted by Crippen LogP contribution is 2.42.